The largest absolute Gasteiger partial charge is 0.372 e. The van der Waals surface area contributed by atoms with Crippen LogP contribution in [0.3, 0.4) is 0 Å². The van der Waals surface area contributed by atoms with E-state index in [1.165, 1.54) is 30.6 Å². The molecule has 0 saturated carbocycles. The number of carbonyl (C=O) groups excluding carboxylic acids is 1. The minimum absolute atomic E-state index is 0.0184. The molecule has 1 N–H and O–H groups in total. The number of hydrogen-bond acceptors (Lipinski definition) is 4. The Balaban J connectivity index is 1.29. The smallest absolute Gasteiger partial charge is 0.321 e. The quantitative estimate of drug-likeness (QED) is 0.905. The summed E-state index contributed by atoms with van der Waals surface area (Å²) in [6.07, 6.45) is 7.48. The molecule has 0 unspecified atom stereocenters. The summed E-state index contributed by atoms with van der Waals surface area (Å²) >= 11 is 0. The van der Waals surface area contributed by atoms with E-state index in [1.54, 1.807) is 0 Å². The van der Waals surface area contributed by atoms with Crippen LogP contribution in [0, 0.1) is 0 Å². The molecule has 142 valence electrons. The minimum atomic E-state index is -0.0184. The predicted octanol–water partition coefficient (Wildman–Crippen LogP) is 3.43. The first-order valence-electron chi connectivity index (χ1n) is 9.85. The number of nitrogens with zero attached hydrogens (tertiary/aromatic N) is 4. The van der Waals surface area contributed by atoms with Crippen molar-refractivity contribution in [2.75, 3.05) is 54.4 Å². The van der Waals surface area contributed by atoms with Crippen LogP contribution in [0.2, 0.25) is 0 Å². The zero-order chi connectivity index (χ0) is 18.5. The molecule has 2 fully saturated rings. The van der Waals surface area contributed by atoms with Gasteiger partial charge in [0.15, 0.2) is 0 Å². The fourth-order valence-corrected chi connectivity index (χ4v) is 3.83. The standard InChI is InChI=1S/C21H27N5O/c27-21(26-16-14-25(15-17-26)20-8-10-22-11-9-20)23-18-4-6-19(7-5-18)24-12-2-1-3-13-24/h4-11H,1-3,12-17H2,(H,23,27). The highest BCUT2D eigenvalue weighted by Crippen LogP contribution is 2.22. The SMILES string of the molecule is O=C(Nc1ccc(N2CCCCC2)cc1)N1CCN(c2ccncc2)CC1. The number of urea groups is 1. The van der Waals surface area contributed by atoms with Crippen LogP contribution < -0.4 is 15.1 Å². The normalized spacial score (nSPS) is 17.7. The molecule has 2 saturated heterocycles. The number of nitrogens with one attached hydrogen (secondary N) is 1. The minimum Gasteiger partial charge on any atom is -0.372 e. The first-order valence-corrected chi connectivity index (χ1v) is 9.85. The van der Waals surface area contributed by atoms with E-state index < -0.39 is 0 Å². The molecule has 1 aromatic carbocycles. The molecular weight excluding hydrogens is 338 g/mol. The lowest BCUT2D eigenvalue weighted by atomic mass is 10.1. The maximum absolute atomic E-state index is 12.6. The Morgan fingerprint density at radius 3 is 2.00 bits per heavy atom. The van der Waals surface area contributed by atoms with E-state index in [1.807, 2.05) is 41.6 Å². The maximum Gasteiger partial charge on any atom is 0.321 e. The Labute approximate surface area is 160 Å². The van der Waals surface area contributed by atoms with Gasteiger partial charge in [-0.05, 0) is 55.7 Å². The molecule has 0 atom stereocenters. The van der Waals surface area contributed by atoms with Crippen molar-refractivity contribution in [1.29, 1.82) is 0 Å². The van der Waals surface area contributed by atoms with E-state index in [-0.39, 0.29) is 6.03 Å². The molecule has 27 heavy (non-hydrogen) atoms. The van der Waals surface area contributed by atoms with Crippen molar-refractivity contribution < 1.29 is 4.79 Å². The average molecular weight is 365 g/mol. The lowest BCUT2D eigenvalue weighted by molar-refractivity contribution is 0.208. The molecule has 0 spiro atoms. The Bertz CT molecular complexity index is 735. The molecule has 0 bridgehead atoms. The topological polar surface area (TPSA) is 51.7 Å². The molecule has 2 aliphatic rings. The highest BCUT2D eigenvalue weighted by molar-refractivity contribution is 5.89. The zero-order valence-corrected chi connectivity index (χ0v) is 15.7. The van der Waals surface area contributed by atoms with E-state index in [0.29, 0.717) is 0 Å². The summed E-state index contributed by atoms with van der Waals surface area (Å²) in [7, 11) is 0. The van der Waals surface area contributed by atoms with Crippen molar-refractivity contribution >= 4 is 23.1 Å². The van der Waals surface area contributed by atoms with Crippen molar-refractivity contribution in [3.8, 4) is 0 Å². The van der Waals surface area contributed by atoms with Crippen LogP contribution in [0.1, 0.15) is 19.3 Å². The summed E-state index contributed by atoms with van der Waals surface area (Å²) in [6.45, 7) is 5.39. The fraction of sp³-hybridized carbons (Fsp3) is 0.429. The van der Waals surface area contributed by atoms with Crippen molar-refractivity contribution in [3.05, 3.63) is 48.8 Å². The molecule has 2 aliphatic heterocycles. The van der Waals surface area contributed by atoms with Crippen LogP contribution in [-0.2, 0) is 0 Å². The Morgan fingerprint density at radius 2 is 1.33 bits per heavy atom. The number of pyridine rings is 1. The van der Waals surface area contributed by atoms with Crippen molar-refractivity contribution in [1.82, 2.24) is 9.88 Å². The lowest BCUT2D eigenvalue weighted by Gasteiger charge is -2.36. The van der Waals surface area contributed by atoms with E-state index in [9.17, 15) is 4.79 Å². The van der Waals surface area contributed by atoms with Gasteiger partial charge in [-0.1, -0.05) is 0 Å². The molecule has 2 aromatic rings. The summed E-state index contributed by atoms with van der Waals surface area (Å²) in [5.41, 5.74) is 3.27. The Kier molecular flexibility index (Phi) is 5.42. The highest BCUT2D eigenvalue weighted by atomic mass is 16.2. The van der Waals surface area contributed by atoms with Gasteiger partial charge in [0, 0.05) is 68.7 Å². The van der Waals surface area contributed by atoms with Crippen molar-refractivity contribution in [2.24, 2.45) is 0 Å². The first kappa shape index (κ1) is 17.6. The van der Waals surface area contributed by atoms with E-state index >= 15 is 0 Å². The molecule has 1 aromatic heterocycles. The van der Waals surface area contributed by atoms with Gasteiger partial charge >= 0.3 is 6.03 Å². The van der Waals surface area contributed by atoms with Gasteiger partial charge < -0.3 is 20.0 Å². The number of hydrogen-bond donors (Lipinski definition) is 1. The summed E-state index contributed by atoms with van der Waals surface area (Å²) in [5.74, 6) is 0. The third kappa shape index (κ3) is 4.32. The van der Waals surface area contributed by atoms with Gasteiger partial charge in [-0.25, -0.2) is 4.79 Å². The van der Waals surface area contributed by atoms with Gasteiger partial charge in [-0.15, -0.1) is 0 Å². The number of benzene rings is 1. The number of piperidine rings is 1. The number of carbonyl (C=O) groups is 1. The van der Waals surface area contributed by atoms with Gasteiger partial charge in [-0.2, -0.15) is 0 Å². The van der Waals surface area contributed by atoms with E-state index in [4.69, 9.17) is 0 Å². The summed E-state index contributed by atoms with van der Waals surface area (Å²) in [4.78, 5) is 23.2. The number of rotatable bonds is 3. The molecule has 6 heteroatoms. The average Bonchev–Trinajstić information content (AvgIpc) is 2.76. The third-order valence-electron chi connectivity index (χ3n) is 5.43. The maximum atomic E-state index is 12.6. The zero-order valence-electron chi connectivity index (χ0n) is 15.7. The highest BCUT2D eigenvalue weighted by Gasteiger charge is 2.21. The van der Waals surface area contributed by atoms with Crippen LogP contribution in [0.5, 0.6) is 0 Å². The van der Waals surface area contributed by atoms with Crippen LogP contribution >= 0.6 is 0 Å². The van der Waals surface area contributed by atoms with E-state index in [2.05, 4.69) is 32.2 Å². The summed E-state index contributed by atoms with van der Waals surface area (Å²) < 4.78 is 0. The predicted molar refractivity (Wildman–Crippen MR) is 110 cm³/mol. The molecule has 0 radical (unpaired) electrons. The first-order chi connectivity index (χ1) is 13.3. The van der Waals surface area contributed by atoms with Crippen LogP contribution in [0.4, 0.5) is 21.9 Å². The Hall–Kier alpha value is -2.76. The van der Waals surface area contributed by atoms with Crippen molar-refractivity contribution in [2.45, 2.75) is 19.3 Å². The molecule has 6 nitrogen and oxygen atoms in total. The second-order valence-corrected chi connectivity index (χ2v) is 7.20. The summed E-state index contributed by atoms with van der Waals surface area (Å²) in [6, 6.07) is 12.3. The van der Waals surface area contributed by atoms with Gasteiger partial charge in [0.25, 0.3) is 0 Å². The number of amides is 2. The Morgan fingerprint density at radius 1 is 0.741 bits per heavy atom. The fourth-order valence-electron chi connectivity index (χ4n) is 3.83. The van der Waals surface area contributed by atoms with Crippen LogP contribution in [0.25, 0.3) is 0 Å². The van der Waals surface area contributed by atoms with Crippen molar-refractivity contribution in [3.63, 3.8) is 0 Å². The summed E-state index contributed by atoms with van der Waals surface area (Å²) in [5, 5.41) is 3.04. The second-order valence-electron chi connectivity index (χ2n) is 7.20. The van der Waals surface area contributed by atoms with Crippen LogP contribution in [-0.4, -0.2) is 55.2 Å². The number of aromatic nitrogens is 1. The van der Waals surface area contributed by atoms with Gasteiger partial charge in [0.1, 0.15) is 0 Å². The van der Waals surface area contributed by atoms with Crippen LogP contribution in [0.15, 0.2) is 48.8 Å². The molecular formula is C21H27N5O. The number of piperazine rings is 1. The second kappa shape index (κ2) is 8.29. The third-order valence-corrected chi connectivity index (χ3v) is 5.43. The number of anilines is 3. The molecule has 0 aliphatic carbocycles. The van der Waals surface area contributed by atoms with Gasteiger partial charge in [0.05, 0.1) is 0 Å². The molecule has 2 amide bonds. The lowest BCUT2D eigenvalue weighted by Crippen LogP contribution is -2.50. The monoisotopic (exact) mass is 365 g/mol. The molecule has 3 heterocycles. The van der Waals surface area contributed by atoms with E-state index in [0.717, 1.165) is 45.0 Å². The van der Waals surface area contributed by atoms with Gasteiger partial charge in [0.2, 0.25) is 0 Å². The molecule has 4 rings (SSSR count). The van der Waals surface area contributed by atoms with Gasteiger partial charge in [-0.3, -0.25) is 4.98 Å².